The van der Waals surface area contributed by atoms with Gasteiger partial charge in [-0.1, -0.05) is 0 Å². The summed E-state index contributed by atoms with van der Waals surface area (Å²) in [5, 5.41) is 0. The summed E-state index contributed by atoms with van der Waals surface area (Å²) in [4.78, 5) is 17.9. The Labute approximate surface area is 88.4 Å². The van der Waals surface area contributed by atoms with E-state index >= 15 is 0 Å². The minimum Gasteiger partial charge on any atom is -0.443 e. The highest BCUT2D eigenvalue weighted by Crippen LogP contribution is 2.05. The maximum Gasteiger partial charge on any atom is 0.422 e. The molecule has 1 rings (SSSR count). The van der Waals surface area contributed by atoms with Crippen LogP contribution in [0.3, 0.4) is 0 Å². The van der Waals surface area contributed by atoms with Gasteiger partial charge in [0.25, 0.3) is 0 Å². The largest absolute Gasteiger partial charge is 0.443 e. The summed E-state index contributed by atoms with van der Waals surface area (Å²) in [6.07, 6.45) is 2.75. The number of ether oxygens (including phenoxy) is 1. The summed E-state index contributed by atoms with van der Waals surface area (Å²) in [6.45, 7) is 5.89. The van der Waals surface area contributed by atoms with Crippen LogP contribution in [0.15, 0.2) is 12.5 Å². The van der Waals surface area contributed by atoms with Crippen molar-refractivity contribution in [3.63, 3.8) is 0 Å². The first-order valence-electron chi connectivity index (χ1n) is 4.66. The zero-order valence-electron chi connectivity index (χ0n) is 9.13. The fourth-order valence-electron chi connectivity index (χ4n) is 0.897. The van der Waals surface area contributed by atoms with E-state index < -0.39 is 11.7 Å². The predicted octanol–water partition coefficient (Wildman–Crippen LogP) is 0.939. The highest BCUT2D eigenvalue weighted by molar-refractivity contribution is 5.66. The fourth-order valence-corrected chi connectivity index (χ4v) is 0.897. The molecule has 0 bridgehead atoms. The third kappa shape index (κ3) is 5.02. The van der Waals surface area contributed by atoms with Gasteiger partial charge in [0.1, 0.15) is 5.60 Å². The molecule has 84 valence electrons. The number of carbonyl (C=O) groups excluding carboxylic acids is 1. The number of nitrogens with one attached hydrogen (secondary N) is 3. The first kappa shape index (κ1) is 11.5. The highest BCUT2D eigenvalue weighted by atomic mass is 16.6. The normalized spacial score (nSPS) is 11.1. The van der Waals surface area contributed by atoms with E-state index in [2.05, 4.69) is 20.8 Å². The smallest absolute Gasteiger partial charge is 0.422 e. The maximum atomic E-state index is 11.2. The monoisotopic (exact) mass is 212 g/mol. The molecular weight excluding hydrogens is 196 g/mol. The average Bonchev–Trinajstić information content (AvgIpc) is 2.53. The standard InChI is InChI=1S/C9H16N4O2/c1-9(2,3)15-8(14)13-12-5-7-4-10-6-11-7/h4,6,12H,5H2,1-3H3,(H,10,11)(H,13,14). The lowest BCUT2D eigenvalue weighted by molar-refractivity contribution is 0.0497. The summed E-state index contributed by atoms with van der Waals surface area (Å²) >= 11 is 0. The van der Waals surface area contributed by atoms with E-state index in [0.717, 1.165) is 5.69 Å². The molecule has 0 atom stereocenters. The van der Waals surface area contributed by atoms with Crippen LogP contribution >= 0.6 is 0 Å². The predicted molar refractivity (Wildman–Crippen MR) is 54.8 cm³/mol. The second kappa shape index (κ2) is 4.79. The SMILES string of the molecule is CC(C)(C)OC(=O)NNCc1cnc[nH]1. The van der Waals surface area contributed by atoms with Gasteiger partial charge >= 0.3 is 6.09 Å². The lowest BCUT2D eigenvalue weighted by atomic mass is 10.2. The van der Waals surface area contributed by atoms with E-state index in [4.69, 9.17) is 4.74 Å². The molecule has 6 heteroatoms. The Morgan fingerprint density at radius 1 is 1.60 bits per heavy atom. The molecule has 1 heterocycles. The molecule has 0 aromatic carbocycles. The van der Waals surface area contributed by atoms with Gasteiger partial charge in [-0.3, -0.25) is 5.43 Å². The van der Waals surface area contributed by atoms with Crippen LogP contribution < -0.4 is 10.9 Å². The third-order valence-electron chi connectivity index (χ3n) is 1.42. The lowest BCUT2D eigenvalue weighted by Crippen LogP contribution is -2.40. The van der Waals surface area contributed by atoms with Crippen molar-refractivity contribution < 1.29 is 9.53 Å². The van der Waals surface area contributed by atoms with Gasteiger partial charge in [-0.05, 0) is 20.8 Å². The van der Waals surface area contributed by atoms with E-state index in [1.54, 1.807) is 12.5 Å². The molecule has 0 aliphatic carbocycles. The Morgan fingerprint density at radius 2 is 2.33 bits per heavy atom. The molecule has 6 nitrogen and oxygen atoms in total. The van der Waals surface area contributed by atoms with Crippen molar-refractivity contribution in [1.82, 2.24) is 20.8 Å². The summed E-state index contributed by atoms with van der Waals surface area (Å²) in [7, 11) is 0. The summed E-state index contributed by atoms with van der Waals surface area (Å²) in [5.41, 5.74) is 5.53. The quantitative estimate of drug-likeness (QED) is 0.651. The number of rotatable bonds is 3. The van der Waals surface area contributed by atoms with Crippen LogP contribution in [0.25, 0.3) is 0 Å². The van der Waals surface area contributed by atoms with E-state index in [-0.39, 0.29) is 0 Å². The number of aromatic amines is 1. The van der Waals surface area contributed by atoms with Gasteiger partial charge in [-0.2, -0.15) is 0 Å². The number of H-pyrrole nitrogens is 1. The van der Waals surface area contributed by atoms with Crippen LogP contribution in [-0.4, -0.2) is 21.7 Å². The fraction of sp³-hybridized carbons (Fsp3) is 0.556. The molecule has 0 radical (unpaired) electrons. The lowest BCUT2D eigenvalue weighted by Gasteiger charge is -2.19. The number of nitrogens with zero attached hydrogens (tertiary/aromatic N) is 1. The first-order chi connectivity index (χ1) is 6.97. The summed E-state index contributed by atoms with van der Waals surface area (Å²) < 4.78 is 5.02. The average molecular weight is 212 g/mol. The van der Waals surface area contributed by atoms with Crippen LogP contribution in [0.5, 0.6) is 0 Å². The Bertz CT molecular complexity index is 302. The van der Waals surface area contributed by atoms with Crippen molar-refractivity contribution in [2.45, 2.75) is 32.9 Å². The molecule has 0 unspecified atom stereocenters. The van der Waals surface area contributed by atoms with E-state index in [9.17, 15) is 4.79 Å². The minimum atomic E-state index is -0.498. The minimum absolute atomic E-state index is 0.471. The second-order valence-corrected chi connectivity index (χ2v) is 4.06. The highest BCUT2D eigenvalue weighted by Gasteiger charge is 2.15. The Morgan fingerprint density at radius 3 is 2.87 bits per heavy atom. The van der Waals surface area contributed by atoms with Crippen molar-refractivity contribution in [3.8, 4) is 0 Å². The van der Waals surface area contributed by atoms with Gasteiger partial charge in [-0.25, -0.2) is 15.2 Å². The van der Waals surface area contributed by atoms with Crippen LogP contribution in [0, 0.1) is 0 Å². The number of hydrogen-bond acceptors (Lipinski definition) is 4. The van der Waals surface area contributed by atoms with Crippen molar-refractivity contribution >= 4 is 6.09 Å². The van der Waals surface area contributed by atoms with Crippen molar-refractivity contribution in [2.24, 2.45) is 0 Å². The van der Waals surface area contributed by atoms with Gasteiger partial charge < -0.3 is 9.72 Å². The van der Waals surface area contributed by atoms with Crippen molar-refractivity contribution in [3.05, 3.63) is 18.2 Å². The number of aromatic nitrogens is 2. The summed E-state index contributed by atoms with van der Waals surface area (Å²) in [6, 6.07) is 0. The maximum absolute atomic E-state index is 11.2. The van der Waals surface area contributed by atoms with Gasteiger partial charge in [0.15, 0.2) is 0 Å². The van der Waals surface area contributed by atoms with Crippen LogP contribution in [0.4, 0.5) is 4.79 Å². The van der Waals surface area contributed by atoms with Crippen LogP contribution in [-0.2, 0) is 11.3 Å². The van der Waals surface area contributed by atoms with E-state index in [1.165, 1.54) is 0 Å². The van der Waals surface area contributed by atoms with Gasteiger partial charge in [0.05, 0.1) is 18.6 Å². The molecule has 0 spiro atoms. The first-order valence-corrected chi connectivity index (χ1v) is 4.66. The Hall–Kier alpha value is -1.56. The molecule has 1 aromatic heterocycles. The van der Waals surface area contributed by atoms with Crippen molar-refractivity contribution in [2.75, 3.05) is 0 Å². The summed E-state index contributed by atoms with van der Waals surface area (Å²) in [5.74, 6) is 0. The topological polar surface area (TPSA) is 79.0 Å². The zero-order chi connectivity index (χ0) is 11.3. The number of hydrazine groups is 1. The van der Waals surface area contributed by atoms with Crippen LogP contribution in [0.1, 0.15) is 26.5 Å². The molecule has 0 aliphatic heterocycles. The van der Waals surface area contributed by atoms with E-state index in [0.29, 0.717) is 6.54 Å². The number of imidazole rings is 1. The molecule has 0 saturated carbocycles. The van der Waals surface area contributed by atoms with Gasteiger partial charge in [0, 0.05) is 6.20 Å². The number of hydrogen-bond donors (Lipinski definition) is 3. The molecule has 15 heavy (non-hydrogen) atoms. The van der Waals surface area contributed by atoms with Crippen molar-refractivity contribution in [1.29, 1.82) is 0 Å². The Kier molecular flexibility index (Phi) is 3.68. The molecule has 3 N–H and O–H groups in total. The second-order valence-electron chi connectivity index (χ2n) is 4.06. The number of amides is 1. The molecule has 0 fully saturated rings. The van der Waals surface area contributed by atoms with Gasteiger partial charge in [0.2, 0.25) is 0 Å². The van der Waals surface area contributed by atoms with Crippen LogP contribution in [0.2, 0.25) is 0 Å². The molecule has 0 saturated heterocycles. The molecular formula is C9H16N4O2. The third-order valence-corrected chi connectivity index (χ3v) is 1.42. The molecule has 1 amide bonds. The zero-order valence-corrected chi connectivity index (χ0v) is 9.13. The van der Waals surface area contributed by atoms with E-state index in [1.807, 2.05) is 20.8 Å². The molecule has 0 aliphatic rings. The number of carbonyl (C=O) groups is 1. The Balaban J connectivity index is 2.18. The molecule has 1 aromatic rings. The van der Waals surface area contributed by atoms with Gasteiger partial charge in [-0.15, -0.1) is 0 Å².